The zero-order chi connectivity index (χ0) is 8.97. The second-order valence-electron chi connectivity index (χ2n) is 2.73. The zero-order valence-electron chi connectivity index (χ0n) is 6.92. The molecule has 0 saturated heterocycles. The van der Waals surface area contributed by atoms with Crippen LogP contribution < -0.4 is 0 Å². The van der Waals surface area contributed by atoms with Crippen LogP contribution in [-0.2, 0) is 5.88 Å². The lowest BCUT2D eigenvalue weighted by Gasteiger charge is -2.02. The molecule has 0 radical (unpaired) electrons. The summed E-state index contributed by atoms with van der Waals surface area (Å²) in [5.74, 6) is 0.496. The summed E-state index contributed by atoms with van der Waals surface area (Å²) in [5, 5.41) is 8.64. The molecule has 1 nitrogen and oxygen atoms in total. The van der Waals surface area contributed by atoms with Crippen molar-refractivity contribution >= 4 is 11.6 Å². The average Bonchev–Trinajstić information content (AvgIpc) is 2.17. The van der Waals surface area contributed by atoms with Crippen molar-refractivity contribution in [1.29, 1.82) is 5.26 Å². The summed E-state index contributed by atoms with van der Waals surface area (Å²) < 4.78 is 0. The van der Waals surface area contributed by atoms with Gasteiger partial charge in [-0.3, -0.25) is 0 Å². The monoisotopic (exact) mass is 179 g/mol. The van der Waals surface area contributed by atoms with Gasteiger partial charge in [0, 0.05) is 5.88 Å². The maximum atomic E-state index is 8.64. The van der Waals surface area contributed by atoms with Crippen LogP contribution in [0.3, 0.4) is 0 Å². The quantitative estimate of drug-likeness (QED) is 0.641. The molecule has 0 aromatic heterocycles. The van der Waals surface area contributed by atoms with Gasteiger partial charge in [0.15, 0.2) is 0 Å². The Bertz CT molecular complexity index is 284. The van der Waals surface area contributed by atoms with Crippen LogP contribution in [0.25, 0.3) is 0 Å². The SMILES string of the molecule is C[C@@H](C#N)c1ccc(CCl)cc1. The van der Waals surface area contributed by atoms with Crippen LogP contribution in [0.4, 0.5) is 0 Å². The first-order valence-corrected chi connectivity index (χ1v) is 4.36. The van der Waals surface area contributed by atoms with E-state index in [9.17, 15) is 0 Å². The molecule has 0 aliphatic rings. The van der Waals surface area contributed by atoms with Gasteiger partial charge in [0.05, 0.1) is 12.0 Å². The Balaban J connectivity index is 2.86. The Morgan fingerprint density at radius 2 is 2.00 bits per heavy atom. The van der Waals surface area contributed by atoms with E-state index in [1.807, 2.05) is 31.2 Å². The molecule has 0 spiro atoms. The minimum atomic E-state index is -0.0330. The molecule has 1 aromatic carbocycles. The molecule has 0 bridgehead atoms. The molecule has 62 valence electrons. The molecule has 0 aliphatic carbocycles. The molecule has 0 amide bonds. The van der Waals surface area contributed by atoms with E-state index in [2.05, 4.69) is 6.07 Å². The van der Waals surface area contributed by atoms with Crippen molar-refractivity contribution < 1.29 is 0 Å². The number of nitrogens with zero attached hydrogens (tertiary/aromatic N) is 1. The second kappa shape index (κ2) is 4.13. The molecule has 0 N–H and O–H groups in total. The van der Waals surface area contributed by atoms with Crippen LogP contribution in [0.2, 0.25) is 0 Å². The fourth-order valence-corrected chi connectivity index (χ4v) is 1.15. The molecule has 0 aliphatic heterocycles. The number of hydrogen-bond donors (Lipinski definition) is 0. The van der Waals surface area contributed by atoms with Crippen molar-refractivity contribution in [3.63, 3.8) is 0 Å². The molecule has 1 rings (SSSR count). The largest absolute Gasteiger partial charge is 0.198 e. The van der Waals surface area contributed by atoms with Crippen molar-refractivity contribution in [3.05, 3.63) is 35.4 Å². The van der Waals surface area contributed by atoms with Crippen molar-refractivity contribution in [2.45, 2.75) is 18.7 Å². The first kappa shape index (κ1) is 9.09. The molecular formula is C10H10ClN. The maximum absolute atomic E-state index is 8.64. The first-order valence-electron chi connectivity index (χ1n) is 3.82. The summed E-state index contributed by atoms with van der Waals surface area (Å²) in [6, 6.07) is 9.99. The van der Waals surface area contributed by atoms with E-state index < -0.39 is 0 Å². The summed E-state index contributed by atoms with van der Waals surface area (Å²) in [5.41, 5.74) is 2.14. The first-order chi connectivity index (χ1) is 5.77. The third-order valence-corrected chi connectivity index (χ3v) is 2.14. The van der Waals surface area contributed by atoms with Crippen LogP contribution >= 0.6 is 11.6 Å². The minimum Gasteiger partial charge on any atom is -0.198 e. The van der Waals surface area contributed by atoms with Gasteiger partial charge in [-0.1, -0.05) is 24.3 Å². The van der Waals surface area contributed by atoms with Gasteiger partial charge in [-0.25, -0.2) is 0 Å². The van der Waals surface area contributed by atoms with Gasteiger partial charge in [-0.2, -0.15) is 5.26 Å². The Hall–Kier alpha value is -1.00. The highest BCUT2D eigenvalue weighted by Gasteiger charge is 2.01. The molecule has 0 saturated carbocycles. The Morgan fingerprint density at radius 1 is 1.42 bits per heavy atom. The van der Waals surface area contributed by atoms with Gasteiger partial charge < -0.3 is 0 Å². The van der Waals surface area contributed by atoms with Crippen molar-refractivity contribution in [3.8, 4) is 6.07 Å². The summed E-state index contributed by atoms with van der Waals surface area (Å²) in [6.07, 6.45) is 0. The standard InChI is InChI=1S/C10H10ClN/c1-8(7-12)10-4-2-9(6-11)3-5-10/h2-5,8H,6H2,1H3/t8-/m0/s1. The van der Waals surface area contributed by atoms with Gasteiger partial charge >= 0.3 is 0 Å². The molecule has 1 aromatic rings. The van der Waals surface area contributed by atoms with E-state index in [1.165, 1.54) is 0 Å². The summed E-state index contributed by atoms with van der Waals surface area (Å²) in [7, 11) is 0. The number of halogens is 1. The zero-order valence-corrected chi connectivity index (χ0v) is 7.67. The maximum Gasteiger partial charge on any atom is 0.0700 e. The van der Waals surface area contributed by atoms with Gasteiger partial charge in [-0.15, -0.1) is 11.6 Å². The fraction of sp³-hybridized carbons (Fsp3) is 0.300. The summed E-state index contributed by atoms with van der Waals surface area (Å²) in [4.78, 5) is 0. The van der Waals surface area contributed by atoms with E-state index in [4.69, 9.17) is 16.9 Å². The normalized spacial score (nSPS) is 12.1. The minimum absolute atomic E-state index is 0.0330. The van der Waals surface area contributed by atoms with E-state index in [0.717, 1.165) is 11.1 Å². The number of benzene rings is 1. The van der Waals surface area contributed by atoms with Crippen molar-refractivity contribution in [2.75, 3.05) is 0 Å². The topological polar surface area (TPSA) is 23.8 Å². The average molecular weight is 180 g/mol. The van der Waals surface area contributed by atoms with Gasteiger partial charge in [0.2, 0.25) is 0 Å². The van der Waals surface area contributed by atoms with E-state index >= 15 is 0 Å². The predicted molar refractivity (Wildman–Crippen MR) is 50.0 cm³/mol. The fourth-order valence-electron chi connectivity index (χ4n) is 0.970. The molecule has 1 atom stereocenters. The molecule has 2 heteroatoms. The summed E-state index contributed by atoms with van der Waals surface area (Å²) in [6.45, 7) is 1.88. The smallest absolute Gasteiger partial charge is 0.0700 e. The number of hydrogen-bond acceptors (Lipinski definition) is 1. The molecule has 0 fully saturated rings. The predicted octanol–water partition coefficient (Wildman–Crippen LogP) is 3.05. The number of alkyl halides is 1. The summed E-state index contributed by atoms with van der Waals surface area (Å²) >= 11 is 5.63. The lowest BCUT2D eigenvalue weighted by Crippen LogP contribution is -1.89. The van der Waals surface area contributed by atoms with Crippen molar-refractivity contribution in [2.24, 2.45) is 0 Å². The van der Waals surface area contributed by atoms with Crippen LogP contribution in [0.5, 0.6) is 0 Å². The van der Waals surface area contributed by atoms with E-state index in [-0.39, 0.29) is 5.92 Å². The Morgan fingerprint density at radius 3 is 2.42 bits per heavy atom. The van der Waals surface area contributed by atoms with E-state index in [1.54, 1.807) is 0 Å². The molecule has 0 unspecified atom stereocenters. The molecule has 0 heterocycles. The van der Waals surface area contributed by atoms with Gasteiger partial charge in [0.25, 0.3) is 0 Å². The third kappa shape index (κ3) is 1.99. The Kier molecular flexibility index (Phi) is 3.13. The lowest BCUT2D eigenvalue weighted by atomic mass is 10.0. The molecule has 12 heavy (non-hydrogen) atoms. The van der Waals surface area contributed by atoms with Gasteiger partial charge in [0.1, 0.15) is 0 Å². The molecular weight excluding hydrogens is 170 g/mol. The van der Waals surface area contributed by atoms with Crippen LogP contribution in [0.1, 0.15) is 24.0 Å². The van der Waals surface area contributed by atoms with E-state index in [0.29, 0.717) is 5.88 Å². The Labute approximate surface area is 77.6 Å². The highest BCUT2D eigenvalue weighted by molar-refractivity contribution is 6.17. The van der Waals surface area contributed by atoms with Crippen LogP contribution in [0, 0.1) is 11.3 Å². The third-order valence-electron chi connectivity index (χ3n) is 1.83. The number of nitriles is 1. The number of rotatable bonds is 2. The highest BCUT2D eigenvalue weighted by atomic mass is 35.5. The highest BCUT2D eigenvalue weighted by Crippen LogP contribution is 2.15. The van der Waals surface area contributed by atoms with Crippen molar-refractivity contribution in [1.82, 2.24) is 0 Å². The van der Waals surface area contributed by atoms with Gasteiger partial charge in [-0.05, 0) is 18.1 Å². The van der Waals surface area contributed by atoms with Crippen LogP contribution in [0.15, 0.2) is 24.3 Å². The second-order valence-corrected chi connectivity index (χ2v) is 2.99. The van der Waals surface area contributed by atoms with Crippen LogP contribution in [-0.4, -0.2) is 0 Å². The lowest BCUT2D eigenvalue weighted by molar-refractivity contribution is 0.980.